The van der Waals surface area contributed by atoms with Crippen molar-refractivity contribution in [2.45, 2.75) is 25.8 Å². The van der Waals surface area contributed by atoms with Gasteiger partial charge in [0.25, 0.3) is 0 Å². The van der Waals surface area contributed by atoms with Gasteiger partial charge in [0, 0.05) is 65.5 Å². The summed E-state index contributed by atoms with van der Waals surface area (Å²) in [6.45, 7) is 8.80. The molecule has 7 heteroatoms. The number of nitrogens with one attached hydrogen (secondary N) is 1. The lowest BCUT2D eigenvalue weighted by atomic mass is 10.1. The monoisotopic (exact) mass is 415 g/mol. The molecule has 0 bridgehead atoms. The molecule has 0 unspecified atom stereocenters. The molecule has 0 aromatic heterocycles. The Hall–Kier alpha value is -1.96. The van der Waals surface area contributed by atoms with Crippen molar-refractivity contribution in [1.82, 2.24) is 24.9 Å². The maximum atomic E-state index is 12.4. The van der Waals surface area contributed by atoms with E-state index in [2.05, 4.69) is 27.2 Å². The Labute approximate surface area is 181 Å². The third kappa shape index (κ3) is 6.79. The summed E-state index contributed by atoms with van der Waals surface area (Å²) in [4.78, 5) is 32.8. The molecule has 1 N–H and O–H groups in total. The minimum atomic E-state index is 0.0852. The SMILES string of the molecule is CN(C)C(=O)N1CCN(Cc2ccc(C(=O)CNCCN3CCCCC3)cc2)CC1. The summed E-state index contributed by atoms with van der Waals surface area (Å²) < 4.78 is 0. The Kier molecular flexibility index (Phi) is 8.66. The molecular formula is C23H37N5O2. The number of amides is 2. The van der Waals surface area contributed by atoms with Gasteiger partial charge in [0.1, 0.15) is 0 Å². The number of carbonyl (C=O) groups is 2. The van der Waals surface area contributed by atoms with Crippen LogP contribution in [-0.2, 0) is 6.54 Å². The highest BCUT2D eigenvalue weighted by Gasteiger charge is 2.22. The Morgan fingerprint density at radius 2 is 1.57 bits per heavy atom. The summed E-state index contributed by atoms with van der Waals surface area (Å²) in [6.07, 6.45) is 3.95. The van der Waals surface area contributed by atoms with Crippen molar-refractivity contribution in [3.63, 3.8) is 0 Å². The van der Waals surface area contributed by atoms with Crippen molar-refractivity contribution < 1.29 is 9.59 Å². The zero-order valence-electron chi connectivity index (χ0n) is 18.6. The zero-order valence-corrected chi connectivity index (χ0v) is 18.6. The Morgan fingerprint density at radius 1 is 0.900 bits per heavy atom. The van der Waals surface area contributed by atoms with Crippen molar-refractivity contribution in [1.29, 1.82) is 0 Å². The second-order valence-corrected chi connectivity index (χ2v) is 8.64. The lowest BCUT2D eigenvalue weighted by Gasteiger charge is -2.36. The third-order valence-electron chi connectivity index (χ3n) is 6.05. The van der Waals surface area contributed by atoms with E-state index in [1.165, 1.54) is 37.9 Å². The molecule has 2 amide bonds. The molecule has 3 rings (SSSR count). The summed E-state index contributed by atoms with van der Waals surface area (Å²) in [5.41, 5.74) is 1.97. The van der Waals surface area contributed by atoms with E-state index in [0.29, 0.717) is 6.54 Å². The number of ketones is 1. The summed E-state index contributed by atoms with van der Waals surface area (Å²) in [5, 5.41) is 3.30. The maximum Gasteiger partial charge on any atom is 0.319 e. The van der Waals surface area contributed by atoms with Crippen molar-refractivity contribution in [3.05, 3.63) is 35.4 Å². The molecule has 7 nitrogen and oxygen atoms in total. The van der Waals surface area contributed by atoms with E-state index >= 15 is 0 Å². The van der Waals surface area contributed by atoms with Crippen LogP contribution >= 0.6 is 0 Å². The average molecular weight is 416 g/mol. The highest BCUT2D eigenvalue weighted by Crippen LogP contribution is 2.12. The van der Waals surface area contributed by atoms with Crippen LogP contribution in [0.25, 0.3) is 0 Å². The summed E-state index contributed by atoms with van der Waals surface area (Å²) in [7, 11) is 3.59. The molecule has 0 aliphatic carbocycles. The van der Waals surface area contributed by atoms with E-state index in [9.17, 15) is 9.59 Å². The van der Waals surface area contributed by atoms with Gasteiger partial charge in [-0.1, -0.05) is 30.7 Å². The number of nitrogens with zero attached hydrogens (tertiary/aromatic N) is 4. The Balaban J connectivity index is 1.36. The van der Waals surface area contributed by atoms with Crippen LogP contribution in [0.1, 0.15) is 35.2 Å². The standard InChI is InChI=1S/C23H37N5O2/c1-25(2)23(30)28-16-14-27(15-17-28)19-20-6-8-21(9-7-20)22(29)18-24-10-13-26-11-4-3-5-12-26/h6-9,24H,3-5,10-19H2,1-2H3. The van der Waals surface area contributed by atoms with Crippen molar-refractivity contribution in [2.75, 3.05) is 73.0 Å². The van der Waals surface area contributed by atoms with Gasteiger partial charge in [0.15, 0.2) is 5.78 Å². The summed E-state index contributed by atoms with van der Waals surface area (Å²) >= 11 is 0. The van der Waals surface area contributed by atoms with Crippen LogP contribution in [-0.4, -0.2) is 104 Å². The highest BCUT2D eigenvalue weighted by molar-refractivity contribution is 5.97. The van der Waals surface area contributed by atoms with Gasteiger partial charge in [-0.25, -0.2) is 4.79 Å². The third-order valence-corrected chi connectivity index (χ3v) is 6.05. The molecule has 0 radical (unpaired) electrons. The minimum Gasteiger partial charge on any atom is -0.331 e. The van der Waals surface area contributed by atoms with Crippen LogP contribution in [0.15, 0.2) is 24.3 Å². The largest absolute Gasteiger partial charge is 0.331 e. The first kappa shape index (κ1) is 22.7. The molecule has 2 saturated heterocycles. The van der Waals surface area contributed by atoms with Gasteiger partial charge < -0.3 is 20.0 Å². The molecule has 2 heterocycles. The lowest BCUT2D eigenvalue weighted by molar-refractivity contribution is 0.0989. The molecular weight excluding hydrogens is 378 g/mol. The molecule has 30 heavy (non-hydrogen) atoms. The summed E-state index contributed by atoms with van der Waals surface area (Å²) in [6, 6.07) is 8.07. The van der Waals surface area contributed by atoms with Gasteiger partial charge in [-0.15, -0.1) is 0 Å². The minimum absolute atomic E-state index is 0.0852. The second-order valence-electron chi connectivity index (χ2n) is 8.64. The van der Waals surface area contributed by atoms with Crippen LogP contribution in [0.5, 0.6) is 0 Å². The number of hydrogen-bond donors (Lipinski definition) is 1. The average Bonchev–Trinajstić information content (AvgIpc) is 2.78. The number of hydrogen-bond acceptors (Lipinski definition) is 5. The molecule has 1 aromatic rings. The number of rotatable bonds is 8. The molecule has 166 valence electrons. The van der Waals surface area contributed by atoms with Gasteiger partial charge in [-0.2, -0.15) is 0 Å². The fraction of sp³-hybridized carbons (Fsp3) is 0.652. The molecule has 2 fully saturated rings. The first-order valence-electron chi connectivity index (χ1n) is 11.3. The van der Waals surface area contributed by atoms with Crippen molar-refractivity contribution >= 4 is 11.8 Å². The number of piperidine rings is 1. The Bertz CT molecular complexity index is 677. The number of benzene rings is 1. The van der Waals surface area contributed by atoms with Gasteiger partial charge >= 0.3 is 6.03 Å². The van der Waals surface area contributed by atoms with E-state index in [-0.39, 0.29) is 11.8 Å². The van der Waals surface area contributed by atoms with Crippen LogP contribution in [0, 0.1) is 0 Å². The maximum absolute atomic E-state index is 12.4. The molecule has 0 saturated carbocycles. The zero-order chi connectivity index (χ0) is 21.3. The fourth-order valence-electron chi connectivity index (χ4n) is 4.16. The quantitative estimate of drug-likeness (QED) is 0.518. The molecule has 2 aliphatic rings. The van der Waals surface area contributed by atoms with Crippen LogP contribution in [0.2, 0.25) is 0 Å². The second kappa shape index (κ2) is 11.4. The van der Waals surface area contributed by atoms with Crippen molar-refractivity contribution in [3.8, 4) is 0 Å². The molecule has 2 aliphatic heterocycles. The van der Waals surface area contributed by atoms with E-state index in [1.54, 1.807) is 19.0 Å². The van der Waals surface area contributed by atoms with E-state index in [4.69, 9.17) is 0 Å². The van der Waals surface area contributed by atoms with Gasteiger partial charge in [0.2, 0.25) is 0 Å². The van der Waals surface area contributed by atoms with E-state index in [1.807, 2.05) is 17.0 Å². The lowest BCUT2D eigenvalue weighted by Crippen LogP contribution is -2.51. The van der Waals surface area contributed by atoms with Gasteiger partial charge in [0.05, 0.1) is 6.54 Å². The van der Waals surface area contributed by atoms with Crippen LogP contribution in [0.4, 0.5) is 4.79 Å². The number of Topliss-reactive ketones (excluding diaryl/α,β-unsaturated/α-hetero) is 1. The van der Waals surface area contributed by atoms with E-state index < -0.39 is 0 Å². The van der Waals surface area contributed by atoms with Crippen LogP contribution < -0.4 is 5.32 Å². The normalized spacial score (nSPS) is 18.4. The van der Waals surface area contributed by atoms with Crippen molar-refractivity contribution in [2.24, 2.45) is 0 Å². The number of piperazine rings is 1. The first-order valence-corrected chi connectivity index (χ1v) is 11.3. The number of likely N-dealkylation sites (tertiary alicyclic amines) is 1. The fourth-order valence-corrected chi connectivity index (χ4v) is 4.16. The predicted octanol–water partition coefficient (Wildman–Crippen LogP) is 1.74. The highest BCUT2D eigenvalue weighted by atomic mass is 16.2. The summed E-state index contributed by atoms with van der Waals surface area (Å²) in [5.74, 6) is 0.149. The smallest absolute Gasteiger partial charge is 0.319 e. The van der Waals surface area contributed by atoms with Gasteiger partial charge in [-0.3, -0.25) is 9.69 Å². The van der Waals surface area contributed by atoms with Crippen LogP contribution in [0.3, 0.4) is 0 Å². The number of carbonyl (C=O) groups excluding carboxylic acids is 2. The number of urea groups is 1. The predicted molar refractivity (Wildman–Crippen MR) is 120 cm³/mol. The molecule has 0 spiro atoms. The Morgan fingerprint density at radius 3 is 2.20 bits per heavy atom. The topological polar surface area (TPSA) is 59.1 Å². The molecule has 0 atom stereocenters. The molecule has 1 aromatic carbocycles. The van der Waals surface area contributed by atoms with E-state index in [0.717, 1.165) is 51.4 Å². The van der Waals surface area contributed by atoms with Gasteiger partial charge in [-0.05, 0) is 31.5 Å². The first-order chi connectivity index (χ1) is 14.5.